The number of rotatable bonds is 10. The number of methoxy groups -OCH3 is 1. The van der Waals surface area contributed by atoms with Crippen molar-refractivity contribution in [3.63, 3.8) is 0 Å². The molecule has 0 amide bonds. The van der Waals surface area contributed by atoms with Gasteiger partial charge in [-0.3, -0.25) is 0 Å². The van der Waals surface area contributed by atoms with Crippen molar-refractivity contribution >= 4 is 0 Å². The monoisotopic (exact) mass is 263 g/mol. The SMILES string of the molecule is CCC(CC)C(CNCCOC)Cc1ccccc1. The van der Waals surface area contributed by atoms with Crippen molar-refractivity contribution in [2.75, 3.05) is 26.8 Å². The summed E-state index contributed by atoms with van der Waals surface area (Å²) in [7, 11) is 1.75. The van der Waals surface area contributed by atoms with Crippen LogP contribution in [0.4, 0.5) is 0 Å². The van der Waals surface area contributed by atoms with E-state index in [-0.39, 0.29) is 0 Å². The van der Waals surface area contributed by atoms with E-state index in [1.165, 1.54) is 24.8 Å². The highest BCUT2D eigenvalue weighted by Gasteiger charge is 2.18. The first-order valence-corrected chi connectivity index (χ1v) is 7.55. The van der Waals surface area contributed by atoms with Gasteiger partial charge in [0.05, 0.1) is 6.61 Å². The summed E-state index contributed by atoms with van der Waals surface area (Å²) in [6, 6.07) is 10.8. The van der Waals surface area contributed by atoms with Crippen LogP contribution < -0.4 is 5.32 Å². The molecule has 1 atom stereocenters. The van der Waals surface area contributed by atoms with Gasteiger partial charge in [0.25, 0.3) is 0 Å². The Morgan fingerprint density at radius 1 is 1.05 bits per heavy atom. The van der Waals surface area contributed by atoms with Crippen molar-refractivity contribution in [3.05, 3.63) is 35.9 Å². The zero-order chi connectivity index (χ0) is 13.9. The summed E-state index contributed by atoms with van der Waals surface area (Å²) in [4.78, 5) is 0. The molecule has 1 N–H and O–H groups in total. The van der Waals surface area contributed by atoms with Crippen molar-refractivity contribution in [2.45, 2.75) is 33.1 Å². The third kappa shape index (κ3) is 6.22. The van der Waals surface area contributed by atoms with E-state index in [1.54, 1.807) is 7.11 Å². The average molecular weight is 263 g/mol. The molecule has 0 heterocycles. The van der Waals surface area contributed by atoms with Crippen LogP contribution in [0.2, 0.25) is 0 Å². The largest absolute Gasteiger partial charge is 0.383 e. The average Bonchev–Trinajstić information content (AvgIpc) is 2.45. The number of ether oxygens (including phenoxy) is 1. The second-order valence-electron chi connectivity index (χ2n) is 5.22. The number of benzene rings is 1. The molecule has 2 nitrogen and oxygen atoms in total. The molecule has 0 saturated carbocycles. The minimum Gasteiger partial charge on any atom is -0.383 e. The smallest absolute Gasteiger partial charge is 0.0587 e. The lowest BCUT2D eigenvalue weighted by atomic mass is 9.83. The van der Waals surface area contributed by atoms with Crippen LogP contribution in [0.5, 0.6) is 0 Å². The molecule has 0 aliphatic rings. The lowest BCUT2D eigenvalue weighted by molar-refractivity contribution is 0.194. The molecule has 0 aliphatic heterocycles. The highest BCUT2D eigenvalue weighted by molar-refractivity contribution is 5.15. The second-order valence-corrected chi connectivity index (χ2v) is 5.22. The van der Waals surface area contributed by atoms with E-state index < -0.39 is 0 Å². The predicted octanol–water partition coefficient (Wildman–Crippen LogP) is 3.52. The zero-order valence-electron chi connectivity index (χ0n) is 12.7. The van der Waals surface area contributed by atoms with Crippen LogP contribution in [0.25, 0.3) is 0 Å². The first kappa shape index (κ1) is 16.2. The molecule has 0 spiro atoms. The molecule has 1 aromatic rings. The van der Waals surface area contributed by atoms with Crippen LogP contribution in [0.1, 0.15) is 32.3 Å². The maximum Gasteiger partial charge on any atom is 0.0587 e. The van der Waals surface area contributed by atoms with E-state index >= 15 is 0 Å². The molecule has 1 unspecified atom stereocenters. The van der Waals surface area contributed by atoms with Gasteiger partial charge in [-0.05, 0) is 30.4 Å². The van der Waals surface area contributed by atoms with Crippen LogP contribution in [-0.4, -0.2) is 26.8 Å². The minimum absolute atomic E-state index is 0.717. The molecular formula is C17H29NO. The van der Waals surface area contributed by atoms with E-state index in [9.17, 15) is 0 Å². The zero-order valence-corrected chi connectivity index (χ0v) is 12.7. The molecule has 1 aromatic carbocycles. The summed E-state index contributed by atoms with van der Waals surface area (Å²) in [5.74, 6) is 1.52. The highest BCUT2D eigenvalue weighted by Crippen LogP contribution is 2.23. The standard InChI is InChI=1S/C17H29NO/c1-4-16(5-2)17(14-18-11-12-19-3)13-15-9-7-6-8-10-15/h6-10,16-18H,4-5,11-14H2,1-3H3. The van der Waals surface area contributed by atoms with E-state index in [4.69, 9.17) is 4.74 Å². The molecule has 108 valence electrons. The Bertz CT molecular complexity index is 308. The lowest BCUT2D eigenvalue weighted by Crippen LogP contribution is -2.31. The number of nitrogens with one attached hydrogen (secondary N) is 1. The van der Waals surface area contributed by atoms with E-state index in [0.717, 1.165) is 25.6 Å². The first-order chi connectivity index (χ1) is 9.31. The molecule has 0 saturated heterocycles. The summed E-state index contributed by atoms with van der Waals surface area (Å²) < 4.78 is 5.09. The Balaban J connectivity index is 2.53. The Labute approximate surface area is 118 Å². The Morgan fingerprint density at radius 3 is 2.32 bits per heavy atom. The van der Waals surface area contributed by atoms with Crippen molar-refractivity contribution in [2.24, 2.45) is 11.8 Å². The fourth-order valence-corrected chi connectivity index (χ4v) is 2.74. The summed E-state index contributed by atoms with van der Waals surface area (Å²) in [6.45, 7) is 7.44. The summed E-state index contributed by atoms with van der Waals surface area (Å²) >= 11 is 0. The van der Waals surface area contributed by atoms with Crippen molar-refractivity contribution in [1.82, 2.24) is 5.32 Å². The van der Waals surface area contributed by atoms with E-state index in [0.29, 0.717) is 5.92 Å². The van der Waals surface area contributed by atoms with Gasteiger partial charge in [-0.15, -0.1) is 0 Å². The number of hydrogen-bond acceptors (Lipinski definition) is 2. The Hall–Kier alpha value is -0.860. The van der Waals surface area contributed by atoms with Crippen LogP contribution in [0.3, 0.4) is 0 Å². The molecule has 19 heavy (non-hydrogen) atoms. The van der Waals surface area contributed by atoms with Gasteiger partial charge < -0.3 is 10.1 Å². The summed E-state index contributed by atoms with van der Waals surface area (Å²) in [6.07, 6.45) is 3.70. The van der Waals surface area contributed by atoms with Crippen LogP contribution in [0.15, 0.2) is 30.3 Å². The molecule has 2 heteroatoms. The van der Waals surface area contributed by atoms with Gasteiger partial charge in [0.1, 0.15) is 0 Å². The van der Waals surface area contributed by atoms with Gasteiger partial charge in [-0.25, -0.2) is 0 Å². The van der Waals surface area contributed by atoms with Crippen molar-refractivity contribution in [1.29, 1.82) is 0 Å². The molecule has 0 aromatic heterocycles. The van der Waals surface area contributed by atoms with Crippen molar-refractivity contribution in [3.8, 4) is 0 Å². The second kappa shape index (κ2) is 9.99. The summed E-state index contributed by atoms with van der Waals surface area (Å²) in [5.41, 5.74) is 1.45. The fraction of sp³-hybridized carbons (Fsp3) is 0.647. The Kier molecular flexibility index (Phi) is 8.52. The maximum absolute atomic E-state index is 5.09. The van der Waals surface area contributed by atoms with Gasteiger partial charge in [0.15, 0.2) is 0 Å². The topological polar surface area (TPSA) is 21.3 Å². The van der Waals surface area contributed by atoms with Gasteiger partial charge in [0, 0.05) is 13.7 Å². The van der Waals surface area contributed by atoms with Gasteiger partial charge in [-0.2, -0.15) is 0 Å². The molecule has 0 fully saturated rings. The van der Waals surface area contributed by atoms with Gasteiger partial charge >= 0.3 is 0 Å². The molecule has 0 bridgehead atoms. The van der Waals surface area contributed by atoms with Gasteiger partial charge in [-0.1, -0.05) is 57.0 Å². The third-order valence-corrected chi connectivity index (χ3v) is 3.95. The maximum atomic E-state index is 5.09. The molecule has 0 aliphatic carbocycles. The third-order valence-electron chi connectivity index (χ3n) is 3.95. The minimum atomic E-state index is 0.717. The highest BCUT2D eigenvalue weighted by atomic mass is 16.5. The normalized spacial score (nSPS) is 12.8. The molecular weight excluding hydrogens is 234 g/mol. The van der Waals surface area contributed by atoms with Crippen LogP contribution >= 0.6 is 0 Å². The van der Waals surface area contributed by atoms with E-state index in [1.807, 2.05) is 0 Å². The lowest BCUT2D eigenvalue weighted by Gasteiger charge is -2.26. The molecule has 1 rings (SSSR count). The van der Waals surface area contributed by atoms with Crippen LogP contribution in [-0.2, 0) is 11.2 Å². The summed E-state index contributed by atoms with van der Waals surface area (Å²) in [5, 5.41) is 3.53. The molecule has 0 radical (unpaired) electrons. The Morgan fingerprint density at radius 2 is 1.74 bits per heavy atom. The predicted molar refractivity (Wildman–Crippen MR) is 82.5 cm³/mol. The van der Waals surface area contributed by atoms with Crippen molar-refractivity contribution < 1.29 is 4.74 Å². The van der Waals surface area contributed by atoms with Crippen LogP contribution in [0, 0.1) is 11.8 Å². The van der Waals surface area contributed by atoms with E-state index in [2.05, 4.69) is 49.5 Å². The fourth-order valence-electron chi connectivity index (χ4n) is 2.74. The first-order valence-electron chi connectivity index (χ1n) is 7.55. The van der Waals surface area contributed by atoms with Gasteiger partial charge in [0.2, 0.25) is 0 Å². The number of hydrogen-bond donors (Lipinski definition) is 1. The quantitative estimate of drug-likeness (QED) is 0.652.